The van der Waals surface area contributed by atoms with Crippen molar-refractivity contribution in [1.82, 2.24) is 9.80 Å². The first-order valence-corrected chi connectivity index (χ1v) is 9.93. The molecule has 1 heterocycles. The number of rotatable bonds is 3. The summed E-state index contributed by atoms with van der Waals surface area (Å²) >= 11 is 0. The highest BCUT2D eigenvalue weighted by atomic mass is 19.1. The zero-order valence-electron chi connectivity index (χ0n) is 17.5. The quantitative estimate of drug-likeness (QED) is 0.727. The predicted molar refractivity (Wildman–Crippen MR) is 110 cm³/mol. The lowest BCUT2D eigenvalue weighted by molar-refractivity contribution is 0.000809. The summed E-state index contributed by atoms with van der Waals surface area (Å²) in [4.78, 5) is 28.5. The van der Waals surface area contributed by atoms with Gasteiger partial charge in [-0.05, 0) is 44.0 Å². The molecule has 0 saturated carbocycles. The van der Waals surface area contributed by atoms with Crippen molar-refractivity contribution in [1.29, 1.82) is 0 Å². The molecule has 2 amide bonds. The molecule has 1 fully saturated rings. The summed E-state index contributed by atoms with van der Waals surface area (Å²) in [5.41, 5.74) is 0.992. The Balaban J connectivity index is 1.75. The number of hydrogen-bond donors (Lipinski definition) is 0. The minimum atomic E-state index is -0.617. The molecule has 1 aliphatic rings. The maximum atomic E-state index is 13.4. The number of halogens is 1. The molecule has 1 atom stereocenters. The third kappa shape index (κ3) is 5.72. The number of carbonyl (C=O) groups excluding carboxylic acids is 2. The van der Waals surface area contributed by atoms with Gasteiger partial charge in [-0.15, -0.1) is 0 Å². The summed E-state index contributed by atoms with van der Waals surface area (Å²) in [6.45, 7) is 6.42. The average Bonchev–Trinajstić information content (AvgIpc) is 2.71. The summed E-state index contributed by atoms with van der Waals surface area (Å²) in [7, 11) is 0. The van der Waals surface area contributed by atoms with Gasteiger partial charge in [0.2, 0.25) is 0 Å². The fourth-order valence-corrected chi connectivity index (χ4v) is 3.27. The van der Waals surface area contributed by atoms with Crippen LogP contribution in [-0.4, -0.2) is 47.2 Å². The summed E-state index contributed by atoms with van der Waals surface area (Å²) < 4.78 is 24.4. The minimum absolute atomic E-state index is 0.155. The Labute approximate surface area is 176 Å². The topological polar surface area (TPSA) is 59.1 Å². The third-order valence-corrected chi connectivity index (χ3v) is 4.73. The van der Waals surface area contributed by atoms with E-state index in [1.807, 2.05) is 30.3 Å². The molecule has 0 unspecified atom stereocenters. The molecular weight excluding hydrogens is 387 g/mol. The Morgan fingerprint density at radius 2 is 1.67 bits per heavy atom. The standard InChI is InChI=1S/C23H27FN2O4/c1-23(2,3)30-21(27)25-13-14-26(20(15-25)18-9-11-19(24)12-10-18)22(28)29-16-17-7-5-4-6-8-17/h4-12,20H,13-16H2,1-3H3/t20-/m0/s1. The first-order valence-electron chi connectivity index (χ1n) is 9.93. The van der Waals surface area contributed by atoms with Crippen LogP contribution in [0.1, 0.15) is 37.9 Å². The van der Waals surface area contributed by atoms with E-state index in [1.54, 1.807) is 42.7 Å². The largest absolute Gasteiger partial charge is 0.445 e. The van der Waals surface area contributed by atoms with E-state index in [2.05, 4.69) is 0 Å². The molecule has 6 nitrogen and oxygen atoms in total. The van der Waals surface area contributed by atoms with Crippen LogP contribution in [0.3, 0.4) is 0 Å². The number of amides is 2. The van der Waals surface area contributed by atoms with Crippen molar-refractivity contribution in [3.63, 3.8) is 0 Å². The molecule has 0 spiro atoms. The summed E-state index contributed by atoms with van der Waals surface area (Å²) in [6.07, 6.45) is -0.913. The van der Waals surface area contributed by atoms with Crippen molar-refractivity contribution in [3.8, 4) is 0 Å². The first-order chi connectivity index (χ1) is 14.2. The smallest absolute Gasteiger partial charge is 0.410 e. The maximum Gasteiger partial charge on any atom is 0.410 e. The highest BCUT2D eigenvalue weighted by Crippen LogP contribution is 2.28. The van der Waals surface area contributed by atoms with Gasteiger partial charge in [0, 0.05) is 19.6 Å². The zero-order chi connectivity index (χ0) is 21.7. The molecule has 0 radical (unpaired) electrons. The van der Waals surface area contributed by atoms with Crippen LogP contribution in [0.4, 0.5) is 14.0 Å². The summed E-state index contributed by atoms with van der Waals surface area (Å²) in [6, 6.07) is 14.9. The van der Waals surface area contributed by atoms with Gasteiger partial charge in [-0.2, -0.15) is 0 Å². The molecule has 30 heavy (non-hydrogen) atoms. The van der Waals surface area contributed by atoms with Crippen LogP contribution in [-0.2, 0) is 16.1 Å². The Kier molecular flexibility index (Phi) is 6.59. The minimum Gasteiger partial charge on any atom is -0.445 e. The highest BCUT2D eigenvalue weighted by molar-refractivity contribution is 5.71. The van der Waals surface area contributed by atoms with Gasteiger partial charge in [0.05, 0.1) is 6.04 Å². The van der Waals surface area contributed by atoms with Crippen LogP contribution in [0, 0.1) is 5.82 Å². The van der Waals surface area contributed by atoms with Crippen LogP contribution in [0.25, 0.3) is 0 Å². The molecule has 0 N–H and O–H groups in total. The van der Waals surface area contributed by atoms with Gasteiger partial charge >= 0.3 is 12.2 Å². The lowest BCUT2D eigenvalue weighted by Crippen LogP contribution is -2.53. The number of piperazine rings is 1. The molecule has 0 aliphatic carbocycles. The average molecular weight is 414 g/mol. The number of ether oxygens (including phenoxy) is 2. The third-order valence-electron chi connectivity index (χ3n) is 4.73. The van der Waals surface area contributed by atoms with E-state index >= 15 is 0 Å². The second-order valence-electron chi connectivity index (χ2n) is 8.23. The van der Waals surface area contributed by atoms with Gasteiger partial charge in [0.25, 0.3) is 0 Å². The van der Waals surface area contributed by atoms with Gasteiger partial charge in [-0.3, -0.25) is 4.90 Å². The van der Waals surface area contributed by atoms with E-state index in [0.717, 1.165) is 11.1 Å². The lowest BCUT2D eigenvalue weighted by Gasteiger charge is -2.41. The Bertz CT molecular complexity index is 865. The fraction of sp³-hybridized carbons (Fsp3) is 0.391. The van der Waals surface area contributed by atoms with Crippen LogP contribution < -0.4 is 0 Å². The number of benzene rings is 2. The van der Waals surface area contributed by atoms with E-state index in [9.17, 15) is 14.0 Å². The van der Waals surface area contributed by atoms with Gasteiger partial charge in [0.1, 0.15) is 18.0 Å². The van der Waals surface area contributed by atoms with Crippen molar-refractivity contribution >= 4 is 12.2 Å². The Morgan fingerprint density at radius 1 is 1.00 bits per heavy atom. The van der Waals surface area contributed by atoms with Crippen molar-refractivity contribution in [2.45, 2.75) is 39.0 Å². The monoisotopic (exact) mass is 414 g/mol. The molecule has 0 bridgehead atoms. The van der Waals surface area contributed by atoms with Crippen LogP contribution in [0.5, 0.6) is 0 Å². The highest BCUT2D eigenvalue weighted by Gasteiger charge is 2.36. The normalized spacial score (nSPS) is 16.9. The molecule has 160 valence electrons. The molecule has 1 saturated heterocycles. The van der Waals surface area contributed by atoms with E-state index in [4.69, 9.17) is 9.47 Å². The molecular formula is C23H27FN2O4. The SMILES string of the molecule is CC(C)(C)OC(=O)N1CCN(C(=O)OCc2ccccc2)[C@H](c2ccc(F)cc2)C1. The molecule has 0 aromatic heterocycles. The molecule has 3 rings (SSSR count). The Hall–Kier alpha value is -3.09. The number of hydrogen-bond acceptors (Lipinski definition) is 4. The lowest BCUT2D eigenvalue weighted by atomic mass is 10.0. The summed E-state index contributed by atoms with van der Waals surface area (Å²) in [5.74, 6) is -0.364. The van der Waals surface area contributed by atoms with Gasteiger partial charge in [-0.25, -0.2) is 14.0 Å². The molecule has 2 aromatic rings. The second kappa shape index (κ2) is 9.15. The van der Waals surface area contributed by atoms with Crippen LogP contribution in [0.2, 0.25) is 0 Å². The fourth-order valence-electron chi connectivity index (χ4n) is 3.27. The van der Waals surface area contributed by atoms with Crippen LogP contribution in [0.15, 0.2) is 54.6 Å². The Morgan fingerprint density at radius 3 is 2.30 bits per heavy atom. The van der Waals surface area contributed by atoms with E-state index in [0.29, 0.717) is 6.54 Å². The van der Waals surface area contributed by atoms with Gasteiger partial charge in [0.15, 0.2) is 0 Å². The van der Waals surface area contributed by atoms with Crippen molar-refractivity contribution in [2.75, 3.05) is 19.6 Å². The molecule has 7 heteroatoms. The molecule has 2 aromatic carbocycles. The first kappa shape index (κ1) is 21.6. The van der Waals surface area contributed by atoms with E-state index < -0.39 is 23.8 Å². The predicted octanol–water partition coefficient (Wildman–Crippen LogP) is 4.76. The van der Waals surface area contributed by atoms with E-state index in [-0.39, 0.29) is 25.5 Å². The summed E-state index contributed by atoms with van der Waals surface area (Å²) in [5, 5.41) is 0. The maximum absolute atomic E-state index is 13.4. The van der Waals surface area contributed by atoms with E-state index in [1.165, 1.54) is 12.1 Å². The molecule has 1 aliphatic heterocycles. The number of carbonyl (C=O) groups is 2. The van der Waals surface area contributed by atoms with Crippen molar-refractivity contribution in [2.24, 2.45) is 0 Å². The van der Waals surface area contributed by atoms with Crippen molar-refractivity contribution < 1.29 is 23.5 Å². The van der Waals surface area contributed by atoms with Gasteiger partial charge in [-0.1, -0.05) is 42.5 Å². The van der Waals surface area contributed by atoms with Crippen LogP contribution >= 0.6 is 0 Å². The zero-order valence-corrected chi connectivity index (χ0v) is 17.5. The number of nitrogens with zero attached hydrogens (tertiary/aromatic N) is 2. The van der Waals surface area contributed by atoms with Gasteiger partial charge < -0.3 is 14.4 Å². The van der Waals surface area contributed by atoms with Crippen molar-refractivity contribution in [3.05, 3.63) is 71.5 Å². The second-order valence-corrected chi connectivity index (χ2v) is 8.23.